The van der Waals surface area contributed by atoms with Gasteiger partial charge in [-0.1, -0.05) is 63.1 Å². The summed E-state index contributed by atoms with van der Waals surface area (Å²) >= 11 is 6.44. The van der Waals surface area contributed by atoms with Crippen LogP contribution in [-0.2, 0) is 36.0 Å². The lowest BCUT2D eigenvalue weighted by atomic mass is 9.63. The zero-order valence-electron chi connectivity index (χ0n) is 30.5. The third-order valence-corrected chi connectivity index (χ3v) is 13.0. The molecule has 0 fully saturated rings. The summed E-state index contributed by atoms with van der Waals surface area (Å²) in [4.78, 5) is 37.0. The van der Waals surface area contributed by atoms with Crippen LogP contribution >= 0.6 is 11.6 Å². The number of nitrogens with zero attached hydrogens (tertiary/aromatic N) is 4. The number of nitrogens with two attached hydrogens (primary N) is 1. The molecule has 3 heterocycles. The Kier molecular flexibility index (Phi) is 10.6. The van der Waals surface area contributed by atoms with Gasteiger partial charge in [-0.15, -0.1) is 0 Å². The Morgan fingerprint density at radius 3 is 2.66 bits per heavy atom. The van der Waals surface area contributed by atoms with Crippen molar-refractivity contribution in [2.75, 3.05) is 33.0 Å². The van der Waals surface area contributed by atoms with E-state index in [1.54, 1.807) is 6.92 Å². The van der Waals surface area contributed by atoms with Crippen molar-refractivity contribution in [2.24, 2.45) is 10.7 Å². The van der Waals surface area contributed by atoms with Crippen LogP contribution in [0.5, 0.6) is 0 Å². The van der Waals surface area contributed by atoms with E-state index in [1.807, 2.05) is 32.3 Å². The van der Waals surface area contributed by atoms with Crippen LogP contribution in [0.2, 0.25) is 5.02 Å². The number of quaternary nitrogens is 1. The molecule has 2 aromatic carbocycles. The Morgan fingerprint density at radius 1 is 1.21 bits per heavy atom. The number of likely N-dealkylation sites (N-methyl/N-ethyl adjacent to an activating group) is 1. The van der Waals surface area contributed by atoms with E-state index >= 15 is 4.39 Å². The minimum absolute atomic E-state index is 0.00183. The molecule has 282 valence electrons. The van der Waals surface area contributed by atoms with Gasteiger partial charge in [0.2, 0.25) is 11.8 Å². The highest BCUT2D eigenvalue weighted by molar-refractivity contribution is 7.91. The topological polar surface area (TPSA) is 171 Å². The van der Waals surface area contributed by atoms with Gasteiger partial charge in [-0.05, 0) is 30.5 Å². The molecule has 0 saturated carbocycles. The highest BCUT2D eigenvalue weighted by Crippen LogP contribution is 2.50. The molecule has 53 heavy (non-hydrogen) atoms. The van der Waals surface area contributed by atoms with Gasteiger partial charge < -0.3 is 19.4 Å². The van der Waals surface area contributed by atoms with E-state index in [1.165, 1.54) is 30.8 Å². The number of hydrogen-bond donors (Lipinski definition) is 2. The summed E-state index contributed by atoms with van der Waals surface area (Å²) in [6.07, 6.45) is 5.35. The Bertz CT molecular complexity index is 2250. The number of allylic oxidation sites excluding steroid dienone is 1. The molecule has 3 unspecified atom stereocenters. The smallest absolute Gasteiger partial charge is 0.237 e. The molecule has 1 aliphatic heterocycles. The van der Waals surface area contributed by atoms with E-state index in [-0.39, 0.29) is 67.9 Å². The molecule has 4 aromatic rings. The van der Waals surface area contributed by atoms with Crippen LogP contribution in [0.15, 0.2) is 68.8 Å². The number of rotatable bonds is 14. The largest absolute Gasteiger partial charge is 0.434 e. The van der Waals surface area contributed by atoms with Crippen LogP contribution < -0.4 is 5.73 Å². The lowest BCUT2D eigenvalue weighted by Crippen LogP contribution is -2.67. The average molecular weight is 768 g/mol. The molecule has 3 atom stereocenters. The number of amides is 1. The van der Waals surface area contributed by atoms with Gasteiger partial charge in [-0.3, -0.25) is 19.7 Å². The van der Waals surface area contributed by atoms with Crippen molar-refractivity contribution < 1.29 is 36.0 Å². The van der Waals surface area contributed by atoms with E-state index in [4.69, 9.17) is 31.5 Å². The van der Waals surface area contributed by atoms with E-state index < -0.39 is 44.5 Å². The van der Waals surface area contributed by atoms with Crippen molar-refractivity contribution in [2.45, 2.75) is 81.4 Å². The first-order chi connectivity index (χ1) is 25.1. The average Bonchev–Trinajstić information content (AvgIpc) is 3.79. The maximum atomic E-state index is 16.5. The lowest BCUT2D eigenvalue weighted by Gasteiger charge is -2.52. The number of carbonyl (C=O) groups is 2. The van der Waals surface area contributed by atoms with Gasteiger partial charge >= 0.3 is 0 Å². The first-order valence-corrected chi connectivity index (χ1v) is 19.8. The number of benzene rings is 2. The number of oxazole rings is 1. The molecule has 15 heteroatoms. The molecular formula is C38H45ClFN6O6S+. The maximum Gasteiger partial charge on any atom is 0.237 e. The summed E-state index contributed by atoms with van der Waals surface area (Å²) in [7, 11) is 0.0447. The first kappa shape index (κ1) is 38.5. The minimum Gasteiger partial charge on any atom is -0.434 e. The van der Waals surface area contributed by atoms with Gasteiger partial charge in [0.25, 0.3) is 0 Å². The third-order valence-electron chi connectivity index (χ3n) is 11.0. The lowest BCUT2D eigenvalue weighted by molar-refractivity contribution is -0.938. The Balaban J connectivity index is 1.34. The van der Waals surface area contributed by atoms with Crippen LogP contribution in [0, 0.1) is 0 Å². The number of sulfone groups is 1. The monoisotopic (exact) mass is 767 g/mol. The SMILES string of the molecule is CCCCC1=NC(OCC[N+](C)(C)C2(CC)CC(C(N)=O)(c3n[nH]cc3-c3nc4cc(S(=O)(=O)CC)cc(Cl)c4o3)C(=O)C=C2F)c2ccccc2C1. The number of aromatic amines is 1. The number of carbonyl (C=O) groups excluding carboxylic acids is 2. The Morgan fingerprint density at radius 2 is 1.96 bits per heavy atom. The van der Waals surface area contributed by atoms with Crippen LogP contribution in [0.1, 0.15) is 75.9 Å². The van der Waals surface area contributed by atoms with E-state index in [9.17, 15) is 18.0 Å². The van der Waals surface area contributed by atoms with Gasteiger partial charge in [0.15, 0.2) is 44.2 Å². The first-order valence-electron chi connectivity index (χ1n) is 17.8. The molecular weight excluding hydrogens is 723 g/mol. The summed E-state index contributed by atoms with van der Waals surface area (Å²) in [5, 5.41) is 7.03. The number of nitrogens with one attached hydrogen (secondary N) is 1. The summed E-state index contributed by atoms with van der Waals surface area (Å²) in [5.41, 5.74) is 6.11. The van der Waals surface area contributed by atoms with E-state index in [2.05, 4.69) is 28.2 Å². The maximum absolute atomic E-state index is 16.5. The summed E-state index contributed by atoms with van der Waals surface area (Å²) in [6.45, 7) is 5.96. The fourth-order valence-electron chi connectivity index (χ4n) is 7.65. The number of ketones is 1. The second-order valence-electron chi connectivity index (χ2n) is 14.3. The van der Waals surface area contributed by atoms with E-state index in [0.29, 0.717) is 6.54 Å². The van der Waals surface area contributed by atoms with Crippen LogP contribution in [0.3, 0.4) is 0 Å². The van der Waals surface area contributed by atoms with Crippen molar-refractivity contribution in [3.8, 4) is 11.5 Å². The normalized spacial score (nSPS) is 22.1. The third kappa shape index (κ3) is 6.64. The van der Waals surface area contributed by atoms with Crippen LogP contribution in [0.4, 0.5) is 4.39 Å². The zero-order chi connectivity index (χ0) is 38.3. The van der Waals surface area contributed by atoms with Crippen LogP contribution in [0.25, 0.3) is 22.6 Å². The predicted molar refractivity (Wildman–Crippen MR) is 200 cm³/mol. The molecule has 0 bridgehead atoms. The molecule has 2 aliphatic rings. The highest BCUT2D eigenvalue weighted by Gasteiger charge is 2.63. The molecule has 12 nitrogen and oxygen atoms in total. The number of primary amides is 1. The fraction of sp³-hybridized carbons (Fsp3) is 0.447. The summed E-state index contributed by atoms with van der Waals surface area (Å²) in [6, 6.07) is 10.7. The molecule has 0 radical (unpaired) electrons. The molecule has 0 spiro atoms. The van der Waals surface area contributed by atoms with Crippen molar-refractivity contribution in [3.05, 3.63) is 76.3 Å². The fourth-order valence-corrected chi connectivity index (χ4v) is 8.88. The molecule has 0 saturated heterocycles. The molecule has 6 rings (SSSR count). The number of fused-ring (bicyclic) bond motifs is 2. The molecule has 2 aromatic heterocycles. The number of unbranched alkanes of at least 4 members (excludes halogenated alkanes) is 1. The number of hydrogen-bond acceptors (Lipinski definition) is 9. The Labute approximate surface area is 313 Å². The quantitative estimate of drug-likeness (QED) is 0.111. The molecule has 1 aliphatic carbocycles. The molecule has 1 amide bonds. The van der Waals surface area contributed by atoms with Crippen molar-refractivity contribution in [3.63, 3.8) is 0 Å². The van der Waals surface area contributed by atoms with Crippen LogP contribution in [-0.4, -0.2) is 84.0 Å². The summed E-state index contributed by atoms with van der Waals surface area (Å²) < 4.78 is 54.1. The number of ether oxygens (including phenoxy) is 1. The number of aromatic nitrogens is 3. The predicted octanol–water partition coefficient (Wildman–Crippen LogP) is 6.34. The second kappa shape index (κ2) is 14.5. The van der Waals surface area contributed by atoms with Crippen molar-refractivity contribution in [1.82, 2.24) is 15.2 Å². The Hall–Kier alpha value is -4.24. The zero-order valence-corrected chi connectivity index (χ0v) is 32.1. The van der Waals surface area contributed by atoms with Crippen molar-refractivity contribution in [1.29, 1.82) is 0 Å². The standard InChI is InChI=1S/C38H44ClFN6O6S/c1-6-9-13-24-17-23-12-10-11-14-26(23)34(43-24)51-16-15-46(4,5)37(7-2)22-38(36(41)48,31(47)20-30(37)40)33-27(21-42-45-33)35-44-29-19-25(53(49,50)8-3)18-28(39)32(29)52-35/h10-12,14,18-21,34H,6-9,13,15-17,22H2,1-5H3,(H2-,41,42,44,45,48)/p+1. The van der Waals surface area contributed by atoms with Gasteiger partial charge in [0, 0.05) is 42.8 Å². The number of aliphatic imine (C=N–C) groups is 1. The van der Waals surface area contributed by atoms with Crippen molar-refractivity contribution >= 4 is 49.9 Å². The highest BCUT2D eigenvalue weighted by atomic mass is 35.5. The van der Waals surface area contributed by atoms with Gasteiger partial charge in [-0.25, -0.2) is 17.8 Å². The number of H-pyrrole nitrogens is 1. The number of halogens is 2. The van der Waals surface area contributed by atoms with Gasteiger partial charge in [0.1, 0.15) is 12.1 Å². The van der Waals surface area contributed by atoms with E-state index in [0.717, 1.165) is 43.0 Å². The minimum atomic E-state index is -3.63. The van der Waals surface area contributed by atoms with Gasteiger partial charge in [-0.2, -0.15) is 5.10 Å². The van der Waals surface area contributed by atoms with Gasteiger partial charge in [0.05, 0.1) is 47.6 Å². The molecule has 3 N–H and O–H groups in total. The summed E-state index contributed by atoms with van der Waals surface area (Å²) in [5.74, 6) is -2.80. The second-order valence-corrected chi connectivity index (χ2v) is 17.0.